The highest BCUT2D eigenvalue weighted by Crippen LogP contribution is 2.27. The highest BCUT2D eigenvalue weighted by Gasteiger charge is 2.18. The molecule has 0 saturated heterocycles. The van der Waals surface area contributed by atoms with Crippen molar-refractivity contribution in [3.05, 3.63) is 29.8 Å². The highest BCUT2D eigenvalue weighted by atomic mass is 15.0. The van der Waals surface area contributed by atoms with E-state index in [1.165, 1.54) is 30.4 Å². The molecule has 0 fully saturated rings. The van der Waals surface area contributed by atoms with Gasteiger partial charge in [0.1, 0.15) is 17.8 Å². The maximum Gasteiger partial charge on any atom is 0.180 e. The maximum absolute atomic E-state index is 4.71. The zero-order valence-electron chi connectivity index (χ0n) is 11.8. The van der Waals surface area contributed by atoms with Crippen molar-refractivity contribution in [1.29, 1.82) is 0 Å². The molecule has 0 spiro atoms. The van der Waals surface area contributed by atoms with Crippen molar-refractivity contribution in [2.45, 2.75) is 39.0 Å². The summed E-state index contributed by atoms with van der Waals surface area (Å²) in [5.41, 5.74) is 3.26. The van der Waals surface area contributed by atoms with Crippen LogP contribution in [0.3, 0.4) is 0 Å². The normalized spacial score (nSPS) is 13.8. The molecule has 3 rings (SSSR count). The van der Waals surface area contributed by atoms with Gasteiger partial charge < -0.3 is 5.32 Å². The predicted molar refractivity (Wildman–Crippen MR) is 78.5 cm³/mol. The minimum absolute atomic E-state index is 0.701. The summed E-state index contributed by atoms with van der Waals surface area (Å²) in [5, 5.41) is 3.44. The first kappa shape index (κ1) is 13.0. The summed E-state index contributed by atoms with van der Waals surface area (Å²) >= 11 is 0. The summed E-state index contributed by atoms with van der Waals surface area (Å²) in [6, 6.07) is 1.86. The van der Waals surface area contributed by atoms with Crippen LogP contribution in [0, 0.1) is 0 Å². The van der Waals surface area contributed by atoms with Crippen LogP contribution >= 0.6 is 0 Å². The Morgan fingerprint density at radius 3 is 2.90 bits per heavy atom. The number of anilines is 1. The van der Waals surface area contributed by atoms with E-state index >= 15 is 0 Å². The van der Waals surface area contributed by atoms with E-state index < -0.39 is 0 Å². The average Bonchev–Trinajstić information content (AvgIpc) is 2.53. The average molecular weight is 269 g/mol. The lowest BCUT2D eigenvalue weighted by Gasteiger charge is -2.19. The number of rotatable bonds is 4. The van der Waals surface area contributed by atoms with Crippen molar-refractivity contribution >= 4 is 5.82 Å². The predicted octanol–water partition coefficient (Wildman–Crippen LogP) is 2.63. The second kappa shape index (κ2) is 5.94. The molecule has 2 aromatic rings. The molecule has 0 saturated carbocycles. The molecule has 0 unspecified atom stereocenters. The summed E-state index contributed by atoms with van der Waals surface area (Å²) in [4.78, 5) is 17.6. The van der Waals surface area contributed by atoms with Crippen LogP contribution in [0.5, 0.6) is 0 Å². The Hall–Kier alpha value is -2.04. The van der Waals surface area contributed by atoms with E-state index in [4.69, 9.17) is 4.98 Å². The fraction of sp³-hybridized carbons (Fsp3) is 0.467. The van der Waals surface area contributed by atoms with E-state index in [1.807, 2.05) is 6.07 Å². The summed E-state index contributed by atoms with van der Waals surface area (Å²) in [7, 11) is 0. The largest absolute Gasteiger partial charge is 0.370 e. The number of nitrogens with zero attached hydrogens (tertiary/aromatic N) is 4. The fourth-order valence-electron chi connectivity index (χ4n) is 2.52. The number of fused-ring (bicyclic) bond motifs is 1. The zero-order valence-corrected chi connectivity index (χ0v) is 11.8. The molecule has 0 amide bonds. The molecule has 1 N–H and O–H groups in total. The van der Waals surface area contributed by atoms with Gasteiger partial charge in [0.25, 0.3) is 0 Å². The smallest absolute Gasteiger partial charge is 0.180 e. The lowest BCUT2D eigenvalue weighted by Crippen LogP contribution is -2.14. The molecule has 1 aliphatic carbocycles. The Balaban J connectivity index is 2.03. The SMILES string of the molecule is CCCNc1nc(-c2ccncn2)nc2c1CCCC2. The first-order chi connectivity index (χ1) is 9.88. The van der Waals surface area contributed by atoms with E-state index in [0.717, 1.165) is 37.3 Å². The van der Waals surface area contributed by atoms with E-state index in [0.29, 0.717) is 5.82 Å². The van der Waals surface area contributed by atoms with Gasteiger partial charge in [-0.3, -0.25) is 0 Å². The Kier molecular flexibility index (Phi) is 3.85. The number of aryl methyl sites for hydroxylation is 1. The Morgan fingerprint density at radius 1 is 1.20 bits per heavy atom. The van der Waals surface area contributed by atoms with E-state index in [1.54, 1.807) is 6.20 Å². The van der Waals surface area contributed by atoms with Crippen molar-refractivity contribution in [2.75, 3.05) is 11.9 Å². The van der Waals surface area contributed by atoms with Gasteiger partial charge in [0.15, 0.2) is 5.82 Å². The minimum Gasteiger partial charge on any atom is -0.370 e. The summed E-state index contributed by atoms with van der Waals surface area (Å²) in [6.07, 6.45) is 8.90. The van der Waals surface area contributed by atoms with Gasteiger partial charge in [-0.2, -0.15) is 0 Å². The molecule has 1 aliphatic rings. The third-order valence-corrected chi connectivity index (χ3v) is 3.54. The first-order valence-corrected chi connectivity index (χ1v) is 7.28. The number of nitrogens with one attached hydrogen (secondary N) is 1. The summed E-state index contributed by atoms with van der Waals surface area (Å²) < 4.78 is 0. The topological polar surface area (TPSA) is 63.6 Å². The van der Waals surface area contributed by atoms with Crippen LogP contribution in [-0.2, 0) is 12.8 Å². The molecular formula is C15H19N5. The van der Waals surface area contributed by atoms with Gasteiger partial charge in [-0.15, -0.1) is 0 Å². The monoisotopic (exact) mass is 269 g/mol. The summed E-state index contributed by atoms with van der Waals surface area (Å²) in [5.74, 6) is 1.69. The quantitative estimate of drug-likeness (QED) is 0.924. The zero-order chi connectivity index (χ0) is 13.8. The van der Waals surface area contributed by atoms with E-state index in [-0.39, 0.29) is 0 Å². The standard InChI is InChI=1S/C15H19N5/c1-2-8-17-14-11-5-3-4-6-12(11)19-15(20-14)13-7-9-16-10-18-13/h7,9-10H,2-6,8H2,1H3,(H,17,19,20). The van der Waals surface area contributed by atoms with Gasteiger partial charge >= 0.3 is 0 Å². The second-order valence-corrected chi connectivity index (χ2v) is 5.05. The van der Waals surface area contributed by atoms with Gasteiger partial charge in [0.2, 0.25) is 0 Å². The van der Waals surface area contributed by atoms with Crippen LogP contribution in [0.25, 0.3) is 11.5 Å². The molecule has 2 aromatic heterocycles. The van der Waals surface area contributed by atoms with Crippen molar-refractivity contribution < 1.29 is 0 Å². The lowest BCUT2D eigenvalue weighted by atomic mass is 9.96. The molecule has 2 heterocycles. The van der Waals surface area contributed by atoms with Crippen molar-refractivity contribution in [1.82, 2.24) is 19.9 Å². The van der Waals surface area contributed by atoms with E-state index in [2.05, 4.69) is 27.2 Å². The third-order valence-electron chi connectivity index (χ3n) is 3.54. The van der Waals surface area contributed by atoms with Crippen molar-refractivity contribution in [2.24, 2.45) is 0 Å². The van der Waals surface area contributed by atoms with Crippen LogP contribution in [0.1, 0.15) is 37.4 Å². The molecule has 20 heavy (non-hydrogen) atoms. The maximum atomic E-state index is 4.71. The van der Waals surface area contributed by atoms with E-state index in [9.17, 15) is 0 Å². The summed E-state index contributed by atoms with van der Waals surface area (Å²) in [6.45, 7) is 3.10. The van der Waals surface area contributed by atoms with Gasteiger partial charge in [0, 0.05) is 24.0 Å². The molecule has 0 aliphatic heterocycles. The van der Waals surface area contributed by atoms with Gasteiger partial charge in [-0.25, -0.2) is 19.9 Å². The molecule has 5 nitrogen and oxygen atoms in total. The van der Waals surface area contributed by atoms with Crippen LogP contribution in [0.4, 0.5) is 5.82 Å². The Morgan fingerprint density at radius 2 is 2.10 bits per heavy atom. The minimum atomic E-state index is 0.701. The number of aromatic nitrogens is 4. The second-order valence-electron chi connectivity index (χ2n) is 5.05. The van der Waals surface area contributed by atoms with Gasteiger partial charge in [-0.05, 0) is 38.2 Å². The molecular weight excluding hydrogens is 250 g/mol. The lowest BCUT2D eigenvalue weighted by molar-refractivity contribution is 0.664. The van der Waals surface area contributed by atoms with Crippen LogP contribution in [0.15, 0.2) is 18.6 Å². The molecule has 0 bridgehead atoms. The Bertz CT molecular complexity index is 582. The molecule has 0 atom stereocenters. The highest BCUT2D eigenvalue weighted by molar-refractivity contribution is 5.56. The van der Waals surface area contributed by atoms with Crippen molar-refractivity contribution in [3.63, 3.8) is 0 Å². The number of hydrogen-bond acceptors (Lipinski definition) is 5. The first-order valence-electron chi connectivity index (χ1n) is 7.28. The Labute approximate surface area is 118 Å². The molecule has 0 radical (unpaired) electrons. The molecule has 0 aromatic carbocycles. The molecule has 5 heteroatoms. The third kappa shape index (κ3) is 2.61. The number of hydrogen-bond donors (Lipinski definition) is 1. The van der Waals surface area contributed by atoms with Crippen LogP contribution in [-0.4, -0.2) is 26.5 Å². The fourth-order valence-corrected chi connectivity index (χ4v) is 2.52. The van der Waals surface area contributed by atoms with Crippen molar-refractivity contribution in [3.8, 4) is 11.5 Å². The van der Waals surface area contributed by atoms with Crippen LogP contribution < -0.4 is 5.32 Å². The van der Waals surface area contributed by atoms with Gasteiger partial charge in [0.05, 0.1) is 0 Å². The van der Waals surface area contributed by atoms with Crippen LogP contribution in [0.2, 0.25) is 0 Å². The van der Waals surface area contributed by atoms with Gasteiger partial charge in [-0.1, -0.05) is 6.92 Å². The molecule has 104 valence electrons.